The number of hydrogen-bond donors (Lipinski definition) is 2. The first-order valence-electron chi connectivity index (χ1n) is 5.24. The van der Waals surface area contributed by atoms with Crippen LogP contribution in [0.2, 0.25) is 4.34 Å². The minimum atomic E-state index is -1.17. The monoisotopic (exact) mass is 273 g/mol. The number of carboxylic acids is 1. The Bertz CT molecular complexity index is 469. The molecule has 2 rings (SSSR count). The number of thiophene rings is 1. The summed E-state index contributed by atoms with van der Waals surface area (Å²) in [6.07, 6.45) is 1.68. The Labute approximate surface area is 108 Å². The maximum atomic E-state index is 11.9. The smallest absolute Gasteiger partial charge is 0.329 e. The molecular formula is C11H12ClNO3S. The molecule has 1 amide bonds. The zero-order valence-corrected chi connectivity index (χ0v) is 10.8. The van der Waals surface area contributed by atoms with E-state index >= 15 is 0 Å². The molecule has 1 unspecified atom stereocenters. The lowest BCUT2D eigenvalue weighted by molar-refractivity contribution is -0.144. The summed E-state index contributed by atoms with van der Waals surface area (Å²) in [7, 11) is 0. The van der Waals surface area contributed by atoms with Crippen molar-refractivity contribution in [3.05, 3.63) is 21.3 Å². The quantitative estimate of drug-likeness (QED) is 0.885. The summed E-state index contributed by atoms with van der Waals surface area (Å²) < 4.78 is 0.513. The first-order chi connectivity index (χ1) is 7.93. The number of rotatable bonds is 4. The first-order valence-corrected chi connectivity index (χ1v) is 6.44. The summed E-state index contributed by atoms with van der Waals surface area (Å²) >= 11 is 6.88. The van der Waals surface area contributed by atoms with Gasteiger partial charge in [0.25, 0.3) is 5.91 Å². The number of amides is 1. The molecule has 1 saturated carbocycles. The van der Waals surface area contributed by atoms with E-state index in [2.05, 4.69) is 5.32 Å². The van der Waals surface area contributed by atoms with Gasteiger partial charge in [0.15, 0.2) is 0 Å². The van der Waals surface area contributed by atoms with Crippen LogP contribution in [0, 0.1) is 5.92 Å². The molecule has 0 aliphatic heterocycles. The van der Waals surface area contributed by atoms with Crippen molar-refractivity contribution >= 4 is 34.8 Å². The predicted octanol–water partition coefficient (Wildman–Crippen LogP) is 2.38. The minimum absolute atomic E-state index is 0.0272. The molecule has 0 radical (unpaired) electrons. The summed E-state index contributed by atoms with van der Waals surface area (Å²) in [5, 5.41) is 11.8. The molecule has 0 saturated heterocycles. The molecule has 2 N–H and O–H groups in total. The van der Waals surface area contributed by atoms with Crippen LogP contribution in [0.25, 0.3) is 0 Å². The van der Waals surface area contributed by atoms with Gasteiger partial charge in [0, 0.05) is 0 Å². The molecule has 1 atom stereocenters. The fraction of sp³-hybridized carbons (Fsp3) is 0.455. The van der Waals surface area contributed by atoms with Crippen LogP contribution in [0.4, 0.5) is 0 Å². The van der Waals surface area contributed by atoms with Crippen molar-refractivity contribution in [1.29, 1.82) is 0 Å². The standard InChI is InChI=1S/C11H12ClNO3S/c1-11(10(15)16,6-2-3-6)13-9(14)7-4-5-8(12)17-7/h4-6H,2-3H2,1H3,(H,13,14)(H,15,16). The number of hydrogen-bond acceptors (Lipinski definition) is 3. The van der Waals surface area contributed by atoms with E-state index < -0.39 is 11.5 Å². The Hall–Kier alpha value is -1.07. The van der Waals surface area contributed by atoms with Crippen LogP contribution < -0.4 is 5.32 Å². The van der Waals surface area contributed by atoms with E-state index in [1.165, 1.54) is 0 Å². The van der Waals surface area contributed by atoms with Crippen LogP contribution in [-0.2, 0) is 4.79 Å². The highest BCUT2D eigenvalue weighted by atomic mass is 35.5. The third kappa shape index (κ3) is 2.45. The predicted molar refractivity (Wildman–Crippen MR) is 65.6 cm³/mol. The van der Waals surface area contributed by atoms with Crippen LogP contribution in [0.1, 0.15) is 29.4 Å². The summed E-state index contributed by atoms with van der Waals surface area (Å²) in [5.74, 6) is -1.34. The van der Waals surface area contributed by atoms with Crippen LogP contribution in [0.5, 0.6) is 0 Å². The second-order valence-corrected chi connectivity index (χ2v) is 6.05. The van der Waals surface area contributed by atoms with Crippen molar-refractivity contribution in [3.8, 4) is 0 Å². The molecule has 6 heteroatoms. The number of carbonyl (C=O) groups excluding carboxylic acids is 1. The Kier molecular flexibility index (Phi) is 3.14. The Morgan fingerprint density at radius 3 is 2.59 bits per heavy atom. The zero-order valence-electron chi connectivity index (χ0n) is 9.20. The van der Waals surface area contributed by atoms with Gasteiger partial charge in [-0.2, -0.15) is 0 Å². The first kappa shape index (κ1) is 12.4. The average molecular weight is 274 g/mol. The molecule has 1 aromatic rings. The maximum absolute atomic E-state index is 11.9. The highest BCUT2D eigenvalue weighted by Crippen LogP contribution is 2.40. The molecule has 1 aliphatic carbocycles. The highest BCUT2D eigenvalue weighted by Gasteiger charge is 2.48. The van der Waals surface area contributed by atoms with Crippen LogP contribution in [-0.4, -0.2) is 22.5 Å². The van der Waals surface area contributed by atoms with Crippen molar-refractivity contribution in [2.75, 3.05) is 0 Å². The van der Waals surface area contributed by atoms with Gasteiger partial charge >= 0.3 is 5.97 Å². The summed E-state index contributed by atoms with van der Waals surface area (Å²) in [6, 6.07) is 3.22. The number of carbonyl (C=O) groups is 2. The zero-order chi connectivity index (χ0) is 12.6. The van der Waals surface area contributed by atoms with E-state index in [1.54, 1.807) is 19.1 Å². The van der Waals surface area contributed by atoms with Crippen molar-refractivity contribution in [2.24, 2.45) is 5.92 Å². The average Bonchev–Trinajstić information content (AvgIpc) is 3.01. The van der Waals surface area contributed by atoms with Gasteiger partial charge in [-0.3, -0.25) is 4.79 Å². The molecule has 1 aromatic heterocycles. The molecule has 0 spiro atoms. The van der Waals surface area contributed by atoms with Crippen LogP contribution in [0.15, 0.2) is 12.1 Å². The fourth-order valence-electron chi connectivity index (χ4n) is 1.72. The second kappa shape index (κ2) is 4.31. The Morgan fingerprint density at radius 2 is 2.18 bits per heavy atom. The van der Waals surface area contributed by atoms with E-state index in [0.717, 1.165) is 24.2 Å². The normalized spacial score (nSPS) is 18.5. The van der Waals surface area contributed by atoms with E-state index in [0.29, 0.717) is 9.21 Å². The third-order valence-corrected chi connectivity index (χ3v) is 4.24. The molecule has 0 bridgehead atoms. The summed E-state index contributed by atoms with van der Waals surface area (Å²) in [6.45, 7) is 1.56. The lowest BCUT2D eigenvalue weighted by Crippen LogP contribution is -2.53. The van der Waals surface area contributed by atoms with Gasteiger partial charge in [-0.05, 0) is 37.8 Å². The van der Waals surface area contributed by atoms with E-state index in [1.807, 2.05) is 0 Å². The summed E-state index contributed by atoms with van der Waals surface area (Å²) in [5.41, 5.74) is -1.17. The number of nitrogens with one attached hydrogen (secondary N) is 1. The Morgan fingerprint density at radius 1 is 1.53 bits per heavy atom. The molecule has 4 nitrogen and oxygen atoms in total. The maximum Gasteiger partial charge on any atom is 0.329 e. The lowest BCUT2D eigenvalue weighted by atomic mass is 9.96. The topological polar surface area (TPSA) is 66.4 Å². The van der Waals surface area contributed by atoms with Gasteiger partial charge in [-0.1, -0.05) is 11.6 Å². The van der Waals surface area contributed by atoms with Crippen molar-refractivity contribution < 1.29 is 14.7 Å². The van der Waals surface area contributed by atoms with E-state index in [-0.39, 0.29) is 11.8 Å². The number of halogens is 1. The van der Waals surface area contributed by atoms with E-state index in [4.69, 9.17) is 11.6 Å². The minimum Gasteiger partial charge on any atom is -0.480 e. The van der Waals surface area contributed by atoms with Gasteiger partial charge in [0.2, 0.25) is 0 Å². The highest BCUT2D eigenvalue weighted by molar-refractivity contribution is 7.18. The molecule has 1 heterocycles. The SMILES string of the molecule is CC(NC(=O)c1ccc(Cl)s1)(C(=O)O)C1CC1. The van der Waals surface area contributed by atoms with Crippen LogP contribution >= 0.6 is 22.9 Å². The molecule has 92 valence electrons. The molecular weight excluding hydrogens is 262 g/mol. The Balaban J connectivity index is 2.14. The second-order valence-electron chi connectivity index (χ2n) is 4.34. The van der Waals surface area contributed by atoms with Crippen molar-refractivity contribution in [2.45, 2.75) is 25.3 Å². The van der Waals surface area contributed by atoms with Gasteiger partial charge in [-0.25, -0.2) is 4.79 Å². The van der Waals surface area contributed by atoms with Gasteiger partial charge in [0.1, 0.15) is 5.54 Å². The molecule has 1 fully saturated rings. The summed E-state index contributed by atoms with van der Waals surface area (Å²) in [4.78, 5) is 23.6. The molecule has 17 heavy (non-hydrogen) atoms. The van der Waals surface area contributed by atoms with Crippen LogP contribution in [0.3, 0.4) is 0 Å². The van der Waals surface area contributed by atoms with E-state index in [9.17, 15) is 14.7 Å². The van der Waals surface area contributed by atoms with Gasteiger partial charge < -0.3 is 10.4 Å². The van der Waals surface area contributed by atoms with Crippen molar-refractivity contribution in [1.82, 2.24) is 5.32 Å². The molecule has 0 aromatic carbocycles. The number of carboxylic acid groups (broad SMARTS) is 1. The van der Waals surface area contributed by atoms with Crippen molar-refractivity contribution in [3.63, 3.8) is 0 Å². The van der Waals surface area contributed by atoms with Gasteiger partial charge in [0.05, 0.1) is 9.21 Å². The number of aliphatic carboxylic acids is 1. The fourth-order valence-corrected chi connectivity index (χ4v) is 2.66. The largest absolute Gasteiger partial charge is 0.480 e. The molecule has 1 aliphatic rings. The third-order valence-electron chi connectivity index (χ3n) is 3.01. The lowest BCUT2D eigenvalue weighted by Gasteiger charge is -2.25. The van der Waals surface area contributed by atoms with Gasteiger partial charge in [-0.15, -0.1) is 11.3 Å².